The lowest BCUT2D eigenvalue weighted by molar-refractivity contribution is -0.680. The van der Waals surface area contributed by atoms with Gasteiger partial charge in [0.15, 0.2) is 6.54 Å². The summed E-state index contributed by atoms with van der Waals surface area (Å²) in [4.78, 5) is 12.3. The molecule has 26 heavy (non-hydrogen) atoms. The van der Waals surface area contributed by atoms with Crippen LogP contribution in [-0.4, -0.2) is 33.0 Å². The van der Waals surface area contributed by atoms with Crippen molar-refractivity contribution in [2.24, 2.45) is 0 Å². The van der Waals surface area contributed by atoms with E-state index in [-0.39, 0.29) is 16.8 Å². The van der Waals surface area contributed by atoms with Gasteiger partial charge in [-0.25, -0.2) is 13.1 Å². The highest BCUT2D eigenvalue weighted by molar-refractivity contribution is 7.89. The van der Waals surface area contributed by atoms with Crippen LogP contribution < -0.4 is 15.4 Å². The Balaban J connectivity index is 1.85. The summed E-state index contributed by atoms with van der Waals surface area (Å²) in [6.07, 6.45) is 8.21. The molecule has 0 aromatic heterocycles. The van der Waals surface area contributed by atoms with Gasteiger partial charge >= 0.3 is 0 Å². The molecule has 7 heteroatoms. The third-order valence-corrected chi connectivity index (χ3v) is 6.56. The average molecular weight is 383 g/mol. The monoisotopic (exact) mass is 382 g/mol. The highest BCUT2D eigenvalue weighted by atomic mass is 32.2. The maximum absolute atomic E-state index is 12.2. The molecule has 6 nitrogen and oxygen atoms in total. The second-order valence-electron chi connectivity index (χ2n) is 7.19. The first-order chi connectivity index (χ1) is 12.4. The minimum Gasteiger partial charge on any atom is -0.336 e. The molecule has 1 saturated carbocycles. The number of rotatable bonds is 8. The van der Waals surface area contributed by atoms with Crippen LogP contribution in [0.2, 0.25) is 0 Å². The summed E-state index contributed by atoms with van der Waals surface area (Å²) >= 11 is 0. The van der Waals surface area contributed by atoms with E-state index in [2.05, 4.69) is 15.4 Å². The summed E-state index contributed by atoms with van der Waals surface area (Å²) in [6.45, 7) is 4.16. The van der Waals surface area contributed by atoms with Crippen molar-refractivity contribution in [3.05, 3.63) is 24.3 Å². The Morgan fingerprint density at radius 1 is 1.15 bits per heavy atom. The number of anilines is 1. The number of benzene rings is 1. The minimum absolute atomic E-state index is 0.0532. The molecule has 0 radical (unpaired) electrons. The standard InChI is InChI=1S/C19H31N3O3S/c1-3-15(2)22-26(24,25)18-12-10-17(11-13-18)21-19(23)14-20-16-8-6-4-5-7-9-16/h10-13,15-16,20,22H,3-9,14H2,1-2H3,(H,21,23)/p+1/t15-/m1/s1. The molecule has 0 bridgehead atoms. The number of carbonyl (C=O) groups excluding carboxylic acids is 1. The fourth-order valence-electron chi connectivity index (χ4n) is 3.17. The van der Waals surface area contributed by atoms with E-state index in [0.717, 1.165) is 6.42 Å². The summed E-state index contributed by atoms with van der Waals surface area (Å²) in [5, 5.41) is 4.98. The first-order valence-corrected chi connectivity index (χ1v) is 11.1. The van der Waals surface area contributed by atoms with E-state index in [4.69, 9.17) is 0 Å². The van der Waals surface area contributed by atoms with Crippen LogP contribution in [0.4, 0.5) is 5.69 Å². The normalized spacial score (nSPS) is 17.5. The summed E-state index contributed by atoms with van der Waals surface area (Å²) < 4.78 is 27.1. The van der Waals surface area contributed by atoms with Crippen molar-refractivity contribution in [2.45, 2.75) is 75.8 Å². The van der Waals surface area contributed by atoms with E-state index >= 15 is 0 Å². The largest absolute Gasteiger partial charge is 0.336 e. The van der Waals surface area contributed by atoms with Gasteiger partial charge in [0.25, 0.3) is 5.91 Å². The predicted octanol–water partition coefficient (Wildman–Crippen LogP) is 1.99. The topological polar surface area (TPSA) is 91.9 Å². The van der Waals surface area contributed by atoms with Crippen LogP contribution in [0.3, 0.4) is 0 Å². The van der Waals surface area contributed by atoms with Crippen LogP contribution in [0.1, 0.15) is 58.8 Å². The van der Waals surface area contributed by atoms with E-state index in [9.17, 15) is 13.2 Å². The molecule has 0 saturated heterocycles. The molecule has 1 aromatic rings. The van der Waals surface area contributed by atoms with Crippen LogP contribution in [-0.2, 0) is 14.8 Å². The van der Waals surface area contributed by atoms with Gasteiger partial charge in [0.1, 0.15) is 0 Å². The fraction of sp³-hybridized carbons (Fsp3) is 0.632. The van der Waals surface area contributed by atoms with E-state index in [1.54, 1.807) is 12.1 Å². The molecule has 1 aromatic carbocycles. The first kappa shape index (κ1) is 20.9. The predicted molar refractivity (Wildman–Crippen MR) is 103 cm³/mol. The van der Waals surface area contributed by atoms with Crippen LogP contribution in [0.25, 0.3) is 0 Å². The summed E-state index contributed by atoms with van der Waals surface area (Å²) in [7, 11) is -3.51. The molecular formula is C19H32N3O3S+. The molecule has 4 N–H and O–H groups in total. The third kappa shape index (κ3) is 6.70. The maximum atomic E-state index is 12.2. The number of nitrogens with two attached hydrogens (primary N) is 1. The summed E-state index contributed by atoms with van der Waals surface area (Å²) in [6, 6.07) is 6.75. The Bertz CT molecular complexity index is 666. The summed E-state index contributed by atoms with van der Waals surface area (Å²) in [5.74, 6) is -0.0532. The number of amides is 1. The number of hydrogen-bond acceptors (Lipinski definition) is 3. The van der Waals surface area contributed by atoms with Crippen molar-refractivity contribution in [3.8, 4) is 0 Å². The second kappa shape index (κ2) is 10.0. The van der Waals surface area contributed by atoms with Gasteiger partial charge in [-0.1, -0.05) is 19.8 Å². The molecule has 0 spiro atoms. The Hall–Kier alpha value is -1.44. The van der Waals surface area contributed by atoms with E-state index in [1.165, 1.54) is 50.7 Å². The lowest BCUT2D eigenvalue weighted by atomic mass is 10.1. The number of quaternary nitrogens is 1. The minimum atomic E-state index is -3.51. The molecule has 1 fully saturated rings. The zero-order valence-electron chi connectivity index (χ0n) is 15.8. The van der Waals surface area contributed by atoms with E-state index in [1.807, 2.05) is 13.8 Å². The third-order valence-electron chi connectivity index (χ3n) is 4.95. The van der Waals surface area contributed by atoms with Crippen LogP contribution in [0, 0.1) is 0 Å². The quantitative estimate of drug-likeness (QED) is 0.601. The van der Waals surface area contributed by atoms with Gasteiger partial charge < -0.3 is 10.6 Å². The van der Waals surface area contributed by atoms with Crippen molar-refractivity contribution in [2.75, 3.05) is 11.9 Å². The van der Waals surface area contributed by atoms with E-state index < -0.39 is 10.0 Å². The number of sulfonamides is 1. The fourth-order valence-corrected chi connectivity index (χ4v) is 4.49. The van der Waals surface area contributed by atoms with Gasteiger partial charge in [0, 0.05) is 11.7 Å². The number of nitrogens with one attached hydrogen (secondary N) is 2. The Morgan fingerprint density at radius 2 is 1.77 bits per heavy atom. The van der Waals surface area contributed by atoms with Gasteiger partial charge in [0.05, 0.1) is 10.9 Å². The Morgan fingerprint density at radius 3 is 2.35 bits per heavy atom. The lowest BCUT2D eigenvalue weighted by Gasteiger charge is -2.13. The highest BCUT2D eigenvalue weighted by Gasteiger charge is 2.18. The van der Waals surface area contributed by atoms with Crippen molar-refractivity contribution in [1.29, 1.82) is 0 Å². The molecule has 0 unspecified atom stereocenters. The molecule has 0 aliphatic heterocycles. The average Bonchev–Trinajstić information content (AvgIpc) is 2.89. The smallest absolute Gasteiger partial charge is 0.279 e. The number of hydrogen-bond donors (Lipinski definition) is 3. The second-order valence-corrected chi connectivity index (χ2v) is 8.91. The maximum Gasteiger partial charge on any atom is 0.279 e. The van der Waals surface area contributed by atoms with Gasteiger partial charge in [0.2, 0.25) is 10.0 Å². The first-order valence-electron chi connectivity index (χ1n) is 9.66. The van der Waals surface area contributed by atoms with Crippen LogP contribution in [0.15, 0.2) is 29.2 Å². The number of carbonyl (C=O) groups is 1. The summed E-state index contributed by atoms with van der Waals surface area (Å²) in [5.41, 5.74) is 0.617. The van der Waals surface area contributed by atoms with Crippen molar-refractivity contribution >= 4 is 21.6 Å². The molecule has 2 rings (SSSR count). The van der Waals surface area contributed by atoms with Gasteiger partial charge in [-0.05, 0) is 63.3 Å². The zero-order valence-corrected chi connectivity index (χ0v) is 16.6. The SMILES string of the molecule is CC[C@@H](C)NS(=O)(=O)c1ccc(NC(=O)C[NH2+]C2CCCCCC2)cc1. The molecule has 1 aliphatic carbocycles. The van der Waals surface area contributed by atoms with E-state index in [0.29, 0.717) is 18.3 Å². The van der Waals surface area contributed by atoms with Crippen LogP contribution >= 0.6 is 0 Å². The molecular weight excluding hydrogens is 350 g/mol. The molecule has 1 atom stereocenters. The highest BCUT2D eigenvalue weighted by Crippen LogP contribution is 2.16. The Kier molecular flexibility index (Phi) is 8.06. The molecule has 146 valence electrons. The van der Waals surface area contributed by atoms with Crippen molar-refractivity contribution in [1.82, 2.24) is 4.72 Å². The van der Waals surface area contributed by atoms with Crippen molar-refractivity contribution < 1.29 is 18.5 Å². The van der Waals surface area contributed by atoms with Gasteiger partial charge in [-0.2, -0.15) is 0 Å². The zero-order chi connectivity index (χ0) is 19.0. The molecule has 1 amide bonds. The lowest BCUT2D eigenvalue weighted by Crippen LogP contribution is -2.91. The Labute approximate surface area is 157 Å². The molecule has 0 heterocycles. The van der Waals surface area contributed by atoms with Crippen LogP contribution in [0.5, 0.6) is 0 Å². The molecule has 1 aliphatic rings. The van der Waals surface area contributed by atoms with Gasteiger partial charge in [-0.15, -0.1) is 0 Å². The van der Waals surface area contributed by atoms with Crippen molar-refractivity contribution in [3.63, 3.8) is 0 Å². The van der Waals surface area contributed by atoms with Gasteiger partial charge in [-0.3, -0.25) is 4.79 Å².